The summed E-state index contributed by atoms with van der Waals surface area (Å²) < 4.78 is 8.69. The van der Waals surface area contributed by atoms with Crippen molar-refractivity contribution in [3.63, 3.8) is 0 Å². The maximum absolute atomic E-state index is 11.4. The number of carbonyl (C=O) groups is 5. The number of esters is 4. The van der Waals surface area contributed by atoms with Crippen LogP contribution in [0.1, 0.15) is 44.9 Å². The topological polar surface area (TPSA) is 127 Å². The van der Waals surface area contributed by atoms with Gasteiger partial charge in [0.2, 0.25) is 0 Å². The molecule has 0 saturated heterocycles. The van der Waals surface area contributed by atoms with Crippen LogP contribution in [0.25, 0.3) is 0 Å². The molecule has 8 nitrogen and oxygen atoms in total. The van der Waals surface area contributed by atoms with Crippen LogP contribution in [0.5, 0.6) is 0 Å². The van der Waals surface area contributed by atoms with E-state index in [-0.39, 0.29) is 46.2 Å². The van der Waals surface area contributed by atoms with Crippen LogP contribution in [0.3, 0.4) is 0 Å². The minimum atomic E-state index is -1.08. The fourth-order valence-electron chi connectivity index (χ4n) is 1.40. The number of aliphatic carboxylic acids is 1. The summed E-state index contributed by atoms with van der Waals surface area (Å²) in [6, 6.07) is 3.72. The summed E-state index contributed by atoms with van der Waals surface area (Å²) in [4.78, 5) is 53.2. The molecule has 0 aromatic heterocycles. The van der Waals surface area contributed by atoms with Gasteiger partial charge in [0, 0.05) is 12.9 Å². The molecule has 0 N–H and O–H groups in total. The van der Waals surface area contributed by atoms with Gasteiger partial charge < -0.3 is 19.4 Å². The Morgan fingerprint density at radius 1 is 1.05 bits per heavy atom. The summed E-state index contributed by atoms with van der Waals surface area (Å²) in [5.41, 5.74) is 0.0907. The Bertz CT molecular complexity index is 645. The summed E-state index contributed by atoms with van der Waals surface area (Å²) in [5.74, 6) is -4.29. The number of ether oxygens (including phenoxy) is 2. The molecule has 1 aromatic rings. The number of rotatable bonds is 1. The fraction of sp³-hybridized carbons (Fsp3) is 0.154. The van der Waals surface area contributed by atoms with Crippen LogP contribution < -0.4 is 34.7 Å². The maximum atomic E-state index is 11.4. The standard InChI is InChI=1S/C11H6O6.C2H4O2.Na/c1-5(12)16-9(13)6-2-3-7-8(4-6)11(15)17-10(7)14;1-2(3)4;/h2-4H,1H3;1H3,(H,3,4);/q;;+1/p-1. The molecule has 110 valence electrons. The number of cyclic esters (lactones) is 2. The van der Waals surface area contributed by atoms with Gasteiger partial charge in [-0.25, -0.2) is 14.4 Å². The summed E-state index contributed by atoms with van der Waals surface area (Å²) in [6.45, 7) is 2.06. The van der Waals surface area contributed by atoms with Crippen molar-refractivity contribution in [2.75, 3.05) is 0 Å². The third-order valence-corrected chi connectivity index (χ3v) is 2.12. The largest absolute Gasteiger partial charge is 1.00 e. The van der Waals surface area contributed by atoms with Gasteiger partial charge in [-0.05, 0) is 25.1 Å². The first-order chi connectivity index (χ1) is 9.72. The van der Waals surface area contributed by atoms with Crippen molar-refractivity contribution in [1.29, 1.82) is 0 Å². The molecular weight excluding hydrogens is 307 g/mol. The minimum Gasteiger partial charge on any atom is -0.550 e. The number of hydrogen-bond donors (Lipinski definition) is 0. The van der Waals surface area contributed by atoms with E-state index < -0.39 is 29.8 Å². The van der Waals surface area contributed by atoms with Gasteiger partial charge in [-0.1, -0.05) is 0 Å². The molecule has 2 rings (SSSR count). The van der Waals surface area contributed by atoms with Crippen LogP contribution in [0.4, 0.5) is 0 Å². The second-order valence-corrected chi connectivity index (χ2v) is 3.81. The van der Waals surface area contributed by atoms with E-state index in [1.54, 1.807) is 0 Å². The van der Waals surface area contributed by atoms with Crippen molar-refractivity contribution in [2.45, 2.75) is 13.8 Å². The van der Waals surface area contributed by atoms with E-state index in [0.29, 0.717) is 0 Å². The molecule has 0 radical (unpaired) electrons. The molecule has 0 aliphatic carbocycles. The van der Waals surface area contributed by atoms with E-state index in [4.69, 9.17) is 9.90 Å². The van der Waals surface area contributed by atoms with Crippen molar-refractivity contribution in [3.8, 4) is 0 Å². The van der Waals surface area contributed by atoms with Crippen LogP contribution >= 0.6 is 0 Å². The minimum absolute atomic E-state index is 0. The van der Waals surface area contributed by atoms with Gasteiger partial charge in [-0.2, -0.15) is 0 Å². The molecule has 1 aliphatic heterocycles. The molecule has 1 aromatic carbocycles. The molecule has 0 saturated carbocycles. The van der Waals surface area contributed by atoms with Crippen molar-refractivity contribution >= 4 is 29.8 Å². The van der Waals surface area contributed by atoms with E-state index in [1.807, 2.05) is 0 Å². The van der Waals surface area contributed by atoms with Crippen LogP contribution in [-0.2, 0) is 19.1 Å². The van der Waals surface area contributed by atoms with Crippen molar-refractivity contribution in [3.05, 3.63) is 34.9 Å². The van der Waals surface area contributed by atoms with Gasteiger partial charge in [-0.15, -0.1) is 0 Å². The van der Waals surface area contributed by atoms with Gasteiger partial charge in [0.05, 0.1) is 16.7 Å². The Balaban J connectivity index is 0.000000791. The van der Waals surface area contributed by atoms with Crippen molar-refractivity contribution < 1.29 is 68.1 Å². The molecule has 0 unspecified atom stereocenters. The summed E-state index contributed by atoms with van der Waals surface area (Å²) >= 11 is 0. The summed E-state index contributed by atoms with van der Waals surface area (Å²) in [6.07, 6.45) is 0. The molecule has 1 heterocycles. The molecule has 0 bridgehead atoms. The van der Waals surface area contributed by atoms with Gasteiger partial charge >= 0.3 is 53.4 Å². The first-order valence-corrected chi connectivity index (χ1v) is 5.53. The smallest absolute Gasteiger partial charge is 0.550 e. The van der Waals surface area contributed by atoms with E-state index in [0.717, 1.165) is 19.9 Å². The number of hydrogen-bond acceptors (Lipinski definition) is 8. The van der Waals surface area contributed by atoms with Crippen LogP contribution in [0.2, 0.25) is 0 Å². The molecule has 0 fully saturated rings. The first kappa shape index (κ1) is 20.0. The van der Waals surface area contributed by atoms with Gasteiger partial charge in [0.25, 0.3) is 0 Å². The second-order valence-electron chi connectivity index (χ2n) is 3.81. The third-order valence-electron chi connectivity index (χ3n) is 2.12. The van der Waals surface area contributed by atoms with Crippen molar-refractivity contribution in [1.82, 2.24) is 0 Å². The fourth-order valence-corrected chi connectivity index (χ4v) is 1.40. The number of carbonyl (C=O) groups excluding carboxylic acids is 5. The van der Waals surface area contributed by atoms with Crippen LogP contribution in [0.15, 0.2) is 18.2 Å². The average molecular weight is 316 g/mol. The third kappa shape index (κ3) is 5.40. The van der Waals surface area contributed by atoms with E-state index in [1.165, 1.54) is 12.1 Å². The Morgan fingerprint density at radius 3 is 2.05 bits per heavy atom. The SMILES string of the molecule is CC(=O)OC(=O)c1ccc2c(c1)C(=O)OC2=O.CC(=O)[O-].[Na+]. The molecule has 0 atom stereocenters. The normalized spacial score (nSPS) is 11.2. The maximum Gasteiger partial charge on any atom is 1.00 e. The first-order valence-electron chi connectivity index (χ1n) is 5.53. The zero-order valence-electron chi connectivity index (χ0n) is 12.0. The van der Waals surface area contributed by atoms with Crippen LogP contribution in [-0.4, -0.2) is 29.8 Å². The quantitative estimate of drug-likeness (QED) is 0.296. The molecule has 22 heavy (non-hydrogen) atoms. The van der Waals surface area contributed by atoms with Crippen molar-refractivity contribution in [2.24, 2.45) is 0 Å². The van der Waals surface area contributed by atoms with E-state index in [2.05, 4.69) is 9.47 Å². The molecule has 9 heteroatoms. The Labute approximate surface area is 146 Å². The molecule has 1 aliphatic rings. The van der Waals surface area contributed by atoms with Crippen LogP contribution in [0, 0.1) is 0 Å². The summed E-state index contributed by atoms with van der Waals surface area (Å²) in [7, 11) is 0. The zero-order chi connectivity index (χ0) is 16.2. The van der Waals surface area contributed by atoms with E-state index in [9.17, 15) is 19.2 Å². The molecular formula is C13H9NaO8. The van der Waals surface area contributed by atoms with E-state index >= 15 is 0 Å². The van der Waals surface area contributed by atoms with Gasteiger partial charge in [0.15, 0.2) is 0 Å². The Morgan fingerprint density at radius 2 is 1.55 bits per heavy atom. The average Bonchev–Trinajstić information content (AvgIpc) is 2.63. The van der Waals surface area contributed by atoms with Gasteiger partial charge in [-0.3, -0.25) is 4.79 Å². The molecule has 0 spiro atoms. The zero-order valence-corrected chi connectivity index (χ0v) is 14.0. The number of carboxylic acids is 1. The number of fused-ring (bicyclic) bond motifs is 1. The Hall–Kier alpha value is -2.03. The number of carboxylic acid groups (broad SMARTS) is 1. The van der Waals surface area contributed by atoms with Gasteiger partial charge in [0.1, 0.15) is 0 Å². The predicted molar refractivity (Wildman–Crippen MR) is 63.0 cm³/mol. The second kappa shape index (κ2) is 8.42. The molecule has 0 amide bonds. The monoisotopic (exact) mass is 316 g/mol. The summed E-state index contributed by atoms with van der Waals surface area (Å²) in [5, 5.41) is 8.89. The Kier molecular flexibility index (Phi) is 7.64. The predicted octanol–water partition coefficient (Wildman–Crippen LogP) is -3.54. The number of benzene rings is 1.